The monoisotopic (exact) mass is 336 g/mol. The first-order valence-electron chi connectivity index (χ1n) is 8.06. The Labute approximate surface area is 143 Å². The summed E-state index contributed by atoms with van der Waals surface area (Å²) in [5.74, 6) is 2.99. The summed E-state index contributed by atoms with van der Waals surface area (Å²) in [5.41, 5.74) is 3.12. The van der Waals surface area contributed by atoms with Crippen LogP contribution in [-0.2, 0) is 6.54 Å². The summed E-state index contributed by atoms with van der Waals surface area (Å²) in [6.45, 7) is 7.94. The van der Waals surface area contributed by atoms with E-state index in [1.165, 1.54) is 18.6 Å². The third-order valence-electron chi connectivity index (χ3n) is 4.33. The van der Waals surface area contributed by atoms with Crippen LogP contribution in [0.2, 0.25) is 0 Å². The second kappa shape index (κ2) is 7.90. The Balaban J connectivity index is 1.93. The zero-order valence-electron chi connectivity index (χ0n) is 14.8. The van der Waals surface area contributed by atoms with Gasteiger partial charge in [0, 0.05) is 35.7 Å². The fourth-order valence-corrected chi connectivity index (χ4v) is 4.13. The molecule has 2 N–H and O–H groups in total. The molecule has 23 heavy (non-hydrogen) atoms. The van der Waals surface area contributed by atoms with E-state index in [1.54, 1.807) is 14.2 Å². The quantitative estimate of drug-likeness (QED) is 0.639. The predicted molar refractivity (Wildman–Crippen MR) is 98.6 cm³/mol. The smallest absolute Gasteiger partial charge is 0.191 e. The number of hydrogen-bond acceptors (Lipinski definition) is 4. The van der Waals surface area contributed by atoms with Crippen LogP contribution in [0, 0.1) is 13.8 Å². The molecule has 1 aromatic heterocycles. The van der Waals surface area contributed by atoms with Gasteiger partial charge >= 0.3 is 0 Å². The molecule has 0 saturated carbocycles. The van der Waals surface area contributed by atoms with Gasteiger partial charge in [0.15, 0.2) is 5.96 Å². The van der Waals surface area contributed by atoms with Crippen LogP contribution in [-0.4, -0.2) is 42.1 Å². The number of hydrogen-bond donors (Lipinski definition) is 2. The van der Waals surface area contributed by atoms with Crippen LogP contribution in [0.5, 0.6) is 5.75 Å². The summed E-state index contributed by atoms with van der Waals surface area (Å²) in [5, 5.41) is 6.79. The number of aromatic nitrogens is 1. The lowest BCUT2D eigenvalue weighted by Gasteiger charge is -2.24. The molecule has 1 fully saturated rings. The first kappa shape index (κ1) is 17.9. The van der Waals surface area contributed by atoms with Gasteiger partial charge in [0.25, 0.3) is 0 Å². The normalized spacial score (nSPS) is 21.3. The average molecular weight is 337 g/mol. The van der Waals surface area contributed by atoms with Crippen molar-refractivity contribution in [3.8, 4) is 5.75 Å². The van der Waals surface area contributed by atoms with Crippen LogP contribution < -0.4 is 15.4 Å². The standard InChI is InChI=1S/C17H28N4OS/c1-12-9-19-14(13(2)15(12)22-5)10-20-16(18-4)21-11-17(3)7-6-8-23-17/h9H,6-8,10-11H2,1-5H3,(H2,18,20,21). The van der Waals surface area contributed by atoms with Crippen molar-refractivity contribution in [3.63, 3.8) is 0 Å². The van der Waals surface area contributed by atoms with Gasteiger partial charge in [-0.3, -0.25) is 9.98 Å². The number of nitrogens with zero attached hydrogens (tertiary/aromatic N) is 2. The highest BCUT2D eigenvalue weighted by Crippen LogP contribution is 2.36. The number of rotatable bonds is 5. The number of thioether (sulfide) groups is 1. The molecule has 0 bridgehead atoms. The Kier molecular flexibility index (Phi) is 6.16. The molecular formula is C17H28N4OS. The fraction of sp³-hybridized carbons (Fsp3) is 0.647. The van der Waals surface area contributed by atoms with Crippen molar-refractivity contribution in [2.45, 2.75) is 44.9 Å². The molecule has 1 atom stereocenters. The maximum absolute atomic E-state index is 5.46. The van der Waals surface area contributed by atoms with Crippen molar-refractivity contribution in [3.05, 3.63) is 23.0 Å². The highest BCUT2D eigenvalue weighted by atomic mass is 32.2. The Morgan fingerprint density at radius 1 is 1.43 bits per heavy atom. The molecule has 0 spiro atoms. The molecule has 0 aliphatic carbocycles. The van der Waals surface area contributed by atoms with Crippen LogP contribution in [0.1, 0.15) is 36.6 Å². The molecule has 1 aliphatic rings. The van der Waals surface area contributed by atoms with Gasteiger partial charge in [-0.15, -0.1) is 0 Å². The minimum atomic E-state index is 0.318. The minimum absolute atomic E-state index is 0.318. The van der Waals surface area contributed by atoms with Gasteiger partial charge in [-0.2, -0.15) is 11.8 Å². The van der Waals surface area contributed by atoms with E-state index in [1.807, 2.05) is 31.8 Å². The molecule has 1 unspecified atom stereocenters. The molecule has 0 amide bonds. The highest BCUT2D eigenvalue weighted by Gasteiger charge is 2.29. The van der Waals surface area contributed by atoms with Gasteiger partial charge in [-0.25, -0.2) is 0 Å². The lowest BCUT2D eigenvalue weighted by Crippen LogP contribution is -2.43. The van der Waals surface area contributed by atoms with Crippen molar-refractivity contribution in [1.29, 1.82) is 0 Å². The minimum Gasteiger partial charge on any atom is -0.496 e. The summed E-state index contributed by atoms with van der Waals surface area (Å²) >= 11 is 2.05. The third-order valence-corrected chi connectivity index (χ3v) is 5.87. The van der Waals surface area contributed by atoms with Crippen molar-refractivity contribution in [2.24, 2.45) is 4.99 Å². The van der Waals surface area contributed by atoms with Gasteiger partial charge in [0.05, 0.1) is 19.3 Å². The van der Waals surface area contributed by atoms with Gasteiger partial charge in [-0.1, -0.05) is 0 Å². The molecule has 128 valence electrons. The molecule has 0 radical (unpaired) electrons. The molecular weight excluding hydrogens is 308 g/mol. The van der Waals surface area contributed by atoms with Crippen LogP contribution in [0.15, 0.2) is 11.2 Å². The van der Waals surface area contributed by atoms with E-state index in [4.69, 9.17) is 4.74 Å². The molecule has 2 heterocycles. The number of pyridine rings is 1. The van der Waals surface area contributed by atoms with E-state index in [9.17, 15) is 0 Å². The Hall–Kier alpha value is -1.43. The molecule has 1 aromatic rings. The Morgan fingerprint density at radius 2 is 2.22 bits per heavy atom. The number of guanidine groups is 1. The van der Waals surface area contributed by atoms with Crippen molar-refractivity contribution in [2.75, 3.05) is 26.5 Å². The molecule has 1 aliphatic heterocycles. The SMILES string of the molecule is CN=C(NCc1ncc(C)c(OC)c1C)NCC1(C)CCCS1. The maximum atomic E-state index is 5.46. The Bertz CT molecular complexity index is 568. The van der Waals surface area contributed by atoms with Crippen LogP contribution in [0.25, 0.3) is 0 Å². The largest absolute Gasteiger partial charge is 0.496 e. The van der Waals surface area contributed by atoms with Crippen molar-refractivity contribution in [1.82, 2.24) is 15.6 Å². The average Bonchev–Trinajstić information content (AvgIpc) is 2.97. The van der Waals surface area contributed by atoms with E-state index in [0.29, 0.717) is 11.3 Å². The van der Waals surface area contributed by atoms with Crippen LogP contribution >= 0.6 is 11.8 Å². The maximum Gasteiger partial charge on any atom is 0.191 e. The lowest BCUT2D eigenvalue weighted by atomic mass is 10.1. The highest BCUT2D eigenvalue weighted by molar-refractivity contribution is 8.00. The van der Waals surface area contributed by atoms with Gasteiger partial charge in [0.1, 0.15) is 5.75 Å². The van der Waals surface area contributed by atoms with Gasteiger partial charge < -0.3 is 15.4 Å². The lowest BCUT2D eigenvalue weighted by molar-refractivity contribution is 0.406. The van der Waals surface area contributed by atoms with E-state index in [2.05, 4.69) is 27.5 Å². The molecule has 1 saturated heterocycles. The zero-order chi connectivity index (χ0) is 16.9. The van der Waals surface area contributed by atoms with Crippen molar-refractivity contribution >= 4 is 17.7 Å². The first-order chi connectivity index (χ1) is 11.0. The zero-order valence-corrected chi connectivity index (χ0v) is 15.6. The molecule has 2 rings (SSSR count). The number of nitrogens with one attached hydrogen (secondary N) is 2. The summed E-state index contributed by atoms with van der Waals surface area (Å²) in [4.78, 5) is 8.83. The van der Waals surface area contributed by atoms with E-state index in [0.717, 1.165) is 35.1 Å². The summed E-state index contributed by atoms with van der Waals surface area (Å²) in [6.07, 6.45) is 4.42. The Morgan fingerprint density at radius 3 is 2.83 bits per heavy atom. The second-order valence-corrected chi connectivity index (χ2v) is 7.91. The third kappa shape index (κ3) is 4.53. The molecule has 6 heteroatoms. The number of aryl methyl sites for hydroxylation is 1. The number of aliphatic imine (C=N–C) groups is 1. The molecule has 5 nitrogen and oxygen atoms in total. The topological polar surface area (TPSA) is 58.5 Å². The van der Waals surface area contributed by atoms with Gasteiger partial charge in [0.2, 0.25) is 0 Å². The van der Waals surface area contributed by atoms with E-state index in [-0.39, 0.29) is 0 Å². The van der Waals surface area contributed by atoms with E-state index < -0.39 is 0 Å². The first-order valence-corrected chi connectivity index (χ1v) is 9.05. The fourth-order valence-electron chi connectivity index (χ4n) is 2.88. The summed E-state index contributed by atoms with van der Waals surface area (Å²) < 4.78 is 5.78. The molecule has 0 aromatic carbocycles. The number of methoxy groups -OCH3 is 1. The summed E-state index contributed by atoms with van der Waals surface area (Å²) in [7, 11) is 3.50. The van der Waals surface area contributed by atoms with Crippen molar-refractivity contribution < 1.29 is 4.74 Å². The second-order valence-electron chi connectivity index (χ2n) is 6.23. The van der Waals surface area contributed by atoms with E-state index >= 15 is 0 Å². The van der Waals surface area contributed by atoms with Crippen LogP contribution in [0.4, 0.5) is 0 Å². The summed E-state index contributed by atoms with van der Waals surface area (Å²) in [6, 6.07) is 0. The predicted octanol–water partition coefficient (Wildman–Crippen LogP) is 2.66. The van der Waals surface area contributed by atoms with Crippen LogP contribution in [0.3, 0.4) is 0 Å². The number of ether oxygens (including phenoxy) is 1. The van der Waals surface area contributed by atoms with Gasteiger partial charge in [-0.05, 0) is 39.4 Å².